The predicted octanol–water partition coefficient (Wildman–Crippen LogP) is 4.47. The predicted molar refractivity (Wildman–Crippen MR) is 124 cm³/mol. The first-order chi connectivity index (χ1) is 15.7. The smallest absolute Gasteiger partial charge is 0.325 e. The van der Waals surface area contributed by atoms with Gasteiger partial charge in [-0.15, -0.1) is 0 Å². The first-order valence-electron chi connectivity index (χ1n) is 10.2. The van der Waals surface area contributed by atoms with E-state index in [-0.39, 0.29) is 28.4 Å². The maximum Gasteiger partial charge on any atom is 0.325 e. The Labute approximate surface area is 201 Å². The number of nitrogens with zero attached hydrogens (tertiary/aromatic N) is 2. The quantitative estimate of drug-likeness (QED) is 0.460. The Hall–Kier alpha value is -2.59. The molecular weight excluding hydrogens is 489 g/mol. The number of sulfone groups is 1. The third-order valence-corrected chi connectivity index (χ3v) is 7.51. The molecule has 0 aliphatic heterocycles. The fraction of sp³-hybridized carbons (Fsp3) is 0.273. The minimum atomic E-state index is -3.69. The number of hydrogen-bond acceptors (Lipinski definition) is 6. The molecule has 0 saturated heterocycles. The van der Waals surface area contributed by atoms with E-state index in [9.17, 15) is 13.2 Å². The van der Waals surface area contributed by atoms with E-state index in [0.717, 1.165) is 24.1 Å². The molecule has 0 saturated carbocycles. The van der Waals surface area contributed by atoms with Crippen molar-refractivity contribution >= 4 is 39.0 Å². The van der Waals surface area contributed by atoms with Gasteiger partial charge in [0.05, 0.1) is 21.1 Å². The topological polar surface area (TPSA) is 111 Å². The Balaban J connectivity index is 1.47. The fourth-order valence-electron chi connectivity index (χ4n) is 3.79. The van der Waals surface area contributed by atoms with Crippen molar-refractivity contribution in [2.24, 2.45) is 0 Å². The average molecular weight is 510 g/mol. The number of aliphatic carboxylic acids is 1. The van der Waals surface area contributed by atoms with Crippen LogP contribution in [0.3, 0.4) is 0 Å². The van der Waals surface area contributed by atoms with Crippen LogP contribution in [0.25, 0.3) is 0 Å². The molecule has 1 aliphatic rings. The van der Waals surface area contributed by atoms with Crippen molar-refractivity contribution < 1.29 is 23.1 Å². The molecule has 8 nitrogen and oxygen atoms in total. The zero-order valence-electron chi connectivity index (χ0n) is 17.4. The number of fused-ring (bicyclic) bond motifs is 1. The molecule has 0 unspecified atom stereocenters. The number of nitrogens with one attached hydrogen (secondary N) is 1. The van der Waals surface area contributed by atoms with Gasteiger partial charge in [-0.3, -0.25) is 14.8 Å². The van der Waals surface area contributed by atoms with Crippen LogP contribution in [0.4, 0.5) is 0 Å². The first kappa shape index (κ1) is 23.6. The summed E-state index contributed by atoms with van der Waals surface area (Å²) in [5.41, 5.74) is 1.65. The van der Waals surface area contributed by atoms with E-state index >= 15 is 0 Å². The molecule has 2 aromatic carbocycles. The van der Waals surface area contributed by atoms with E-state index in [2.05, 4.69) is 10.4 Å². The summed E-state index contributed by atoms with van der Waals surface area (Å²) in [7, 11) is -3.69. The van der Waals surface area contributed by atoms with Gasteiger partial charge >= 0.3 is 5.97 Å². The largest absolute Gasteiger partial charge is 0.480 e. The summed E-state index contributed by atoms with van der Waals surface area (Å²) in [5.74, 6) is -0.575. The van der Waals surface area contributed by atoms with Gasteiger partial charge in [0.1, 0.15) is 23.9 Å². The van der Waals surface area contributed by atoms with Crippen molar-refractivity contribution in [2.75, 3.05) is 5.88 Å². The number of hydrogen-bond donors (Lipinski definition) is 2. The van der Waals surface area contributed by atoms with Gasteiger partial charge in [-0.1, -0.05) is 35.3 Å². The molecule has 33 heavy (non-hydrogen) atoms. The molecule has 0 bridgehead atoms. The molecule has 11 heteroatoms. The summed E-state index contributed by atoms with van der Waals surface area (Å²) in [5, 5.41) is 16.8. The Kier molecular flexibility index (Phi) is 6.94. The molecular formula is C22H21Cl2N3O5S. The second-order valence-corrected chi connectivity index (χ2v) is 10.4. The van der Waals surface area contributed by atoms with Crippen LogP contribution in [0.1, 0.15) is 30.1 Å². The van der Waals surface area contributed by atoms with Crippen LogP contribution < -0.4 is 10.1 Å². The van der Waals surface area contributed by atoms with Crippen molar-refractivity contribution in [1.82, 2.24) is 15.1 Å². The van der Waals surface area contributed by atoms with E-state index in [1.54, 1.807) is 30.5 Å². The van der Waals surface area contributed by atoms with Crippen molar-refractivity contribution in [3.05, 3.63) is 70.0 Å². The zero-order valence-corrected chi connectivity index (χ0v) is 19.7. The summed E-state index contributed by atoms with van der Waals surface area (Å²) >= 11 is 12.4. The monoisotopic (exact) mass is 509 g/mol. The van der Waals surface area contributed by atoms with Crippen LogP contribution in [-0.2, 0) is 27.6 Å². The number of halogens is 2. The summed E-state index contributed by atoms with van der Waals surface area (Å²) in [4.78, 5) is 11.1. The Morgan fingerprint density at radius 2 is 1.94 bits per heavy atom. The summed E-state index contributed by atoms with van der Waals surface area (Å²) in [6, 6.07) is 10.9. The van der Waals surface area contributed by atoms with Crippen molar-refractivity contribution in [2.45, 2.75) is 36.7 Å². The van der Waals surface area contributed by atoms with Gasteiger partial charge < -0.3 is 9.84 Å². The van der Waals surface area contributed by atoms with Gasteiger partial charge in [-0.25, -0.2) is 8.42 Å². The molecule has 0 amide bonds. The van der Waals surface area contributed by atoms with Crippen molar-refractivity contribution in [3.8, 4) is 11.5 Å². The van der Waals surface area contributed by atoms with Crippen molar-refractivity contribution in [1.29, 1.82) is 0 Å². The zero-order chi connectivity index (χ0) is 23.6. The minimum absolute atomic E-state index is 0.0594. The van der Waals surface area contributed by atoms with Gasteiger partial charge in [0.25, 0.3) is 0 Å². The van der Waals surface area contributed by atoms with E-state index in [0.29, 0.717) is 22.9 Å². The number of rotatable bonds is 8. The highest BCUT2D eigenvalue weighted by molar-refractivity contribution is 7.91. The molecule has 0 fully saturated rings. The minimum Gasteiger partial charge on any atom is -0.480 e. The lowest BCUT2D eigenvalue weighted by molar-refractivity contribution is -0.137. The highest BCUT2D eigenvalue weighted by Crippen LogP contribution is 2.35. The molecule has 1 atom stereocenters. The normalized spacial score (nSPS) is 15.8. The van der Waals surface area contributed by atoms with Gasteiger partial charge in [0, 0.05) is 17.3 Å². The highest BCUT2D eigenvalue weighted by Gasteiger charge is 2.26. The van der Waals surface area contributed by atoms with Crippen LogP contribution >= 0.6 is 23.2 Å². The summed E-state index contributed by atoms with van der Waals surface area (Å²) in [6.45, 7) is -0.221. The van der Waals surface area contributed by atoms with E-state index in [4.69, 9.17) is 33.0 Å². The highest BCUT2D eigenvalue weighted by atomic mass is 35.5. The number of para-hydroxylation sites is 1. The summed E-state index contributed by atoms with van der Waals surface area (Å²) < 4.78 is 33.0. The molecule has 2 N–H and O–H groups in total. The molecule has 174 valence electrons. The Bertz CT molecular complexity index is 1290. The van der Waals surface area contributed by atoms with Crippen LogP contribution in [0.15, 0.2) is 53.6 Å². The number of aromatic nitrogens is 2. The van der Waals surface area contributed by atoms with E-state index in [1.807, 2.05) is 0 Å². The van der Waals surface area contributed by atoms with Crippen LogP contribution in [0.2, 0.25) is 10.0 Å². The maximum atomic E-state index is 12.9. The Morgan fingerprint density at radius 1 is 1.18 bits per heavy atom. The second kappa shape index (κ2) is 9.72. The third-order valence-electron chi connectivity index (χ3n) is 5.39. The third kappa shape index (κ3) is 5.33. The second-order valence-electron chi connectivity index (χ2n) is 7.63. The SMILES string of the molecule is O=C(O)Cn1ncc2c1CCC[C@H]2NCS(=O)(=O)c1ccc(Oc2ccccc2Cl)c(Cl)c1. The average Bonchev–Trinajstić information content (AvgIpc) is 3.18. The van der Waals surface area contributed by atoms with E-state index < -0.39 is 15.8 Å². The standard InChI is InChI=1S/C22H21Cl2N3O5S/c23-16-4-1-2-7-20(16)32-21-9-8-14(10-17(21)24)33(30,31)13-25-18-5-3-6-19-15(18)11-26-27(19)12-22(28)29/h1-2,4,7-11,18,25H,3,5-6,12-13H2,(H,28,29)/t18-/m1/s1. The van der Waals surface area contributed by atoms with Crippen LogP contribution in [0.5, 0.6) is 11.5 Å². The molecule has 4 rings (SSSR count). The fourth-order valence-corrected chi connectivity index (χ4v) is 5.41. The van der Waals surface area contributed by atoms with Gasteiger partial charge in [0.15, 0.2) is 9.84 Å². The molecule has 1 aliphatic carbocycles. The Morgan fingerprint density at radius 3 is 2.67 bits per heavy atom. The molecule has 0 spiro atoms. The molecule has 0 radical (unpaired) electrons. The maximum absolute atomic E-state index is 12.9. The lowest BCUT2D eigenvalue weighted by Gasteiger charge is -2.24. The van der Waals surface area contributed by atoms with Gasteiger partial charge in [0.2, 0.25) is 0 Å². The van der Waals surface area contributed by atoms with Gasteiger partial charge in [-0.2, -0.15) is 5.10 Å². The number of ether oxygens (including phenoxy) is 1. The van der Waals surface area contributed by atoms with E-state index in [1.165, 1.54) is 22.9 Å². The number of carbonyl (C=O) groups is 1. The van der Waals surface area contributed by atoms with Gasteiger partial charge in [-0.05, 0) is 49.6 Å². The number of carboxylic acids is 1. The lowest BCUT2D eigenvalue weighted by Crippen LogP contribution is -2.30. The van der Waals surface area contributed by atoms with Crippen LogP contribution in [-0.4, -0.2) is 35.2 Å². The van der Waals surface area contributed by atoms with Crippen LogP contribution in [0, 0.1) is 0 Å². The molecule has 1 heterocycles. The first-order valence-corrected chi connectivity index (χ1v) is 12.6. The van der Waals surface area contributed by atoms with Crippen molar-refractivity contribution in [3.63, 3.8) is 0 Å². The molecule has 3 aromatic rings. The summed E-state index contributed by atoms with van der Waals surface area (Å²) in [6.07, 6.45) is 3.85. The number of carboxylic acid groups (broad SMARTS) is 1. The molecule has 1 aromatic heterocycles. The lowest BCUT2D eigenvalue weighted by atomic mass is 9.93. The number of benzene rings is 2.